The molecule has 0 aliphatic rings. The molecule has 6 nitrogen and oxygen atoms in total. The lowest BCUT2D eigenvalue weighted by Crippen LogP contribution is -2.03. The van der Waals surface area contributed by atoms with Crippen LogP contribution < -0.4 is 4.74 Å². The summed E-state index contributed by atoms with van der Waals surface area (Å²) in [6.45, 7) is 4.24. The van der Waals surface area contributed by atoms with Crippen molar-refractivity contribution in [2.24, 2.45) is 0 Å². The molecule has 13 rings (SSSR count). The van der Waals surface area contributed by atoms with Crippen LogP contribution in [-0.4, -0.2) is 21.6 Å². The van der Waals surface area contributed by atoms with Crippen molar-refractivity contribution in [2.75, 3.05) is 7.11 Å². The van der Waals surface area contributed by atoms with Crippen molar-refractivity contribution in [1.29, 1.82) is 0 Å². The summed E-state index contributed by atoms with van der Waals surface area (Å²) < 4.78 is 22.7. The zero-order chi connectivity index (χ0) is 39.1. The minimum absolute atomic E-state index is 0.603. The first-order valence-corrected chi connectivity index (χ1v) is 19.9. The highest BCUT2D eigenvalue weighted by atomic mass is 16.5. The molecule has 6 heteroatoms. The first-order valence-electron chi connectivity index (χ1n) is 19.9. The van der Waals surface area contributed by atoms with Crippen molar-refractivity contribution < 1.29 is 13.6 Å². The maximum atomic E-state index is 7.19. The molecular formula is C53H33N3O3. The van der Waals surface area contributed by atoms with E-state index >= 15 is 0 Å². The van der Waals surface area contributed by atoms with Crippen molar-refractivity contribution in [2.45, 2.75) is 13.8 Å². The van der Waals surface area contributed by atoms with Crippen LogP contribution in [-0.2, 0) is 0 Å². The van der Waals surface area contributed by atoms with Gasteiger partial charge in [0.25, 0.3) is 0 Å². The summed E-state index contributed by atoms with van der Waals surface area (Å²) in [4.78, 5) is 11.0. The number of hydrogen-bond acceptors (Lipinski definition) is 5. The highest BCUT2D eigenvalue weighted by molar-refractivity contribution is 6.37. The summed E-state index contributed by atoms with van der Waals surface area (Å²) in [5.41, 5.74) is 8.85. The molecule has 0 unspecified atom stereocenters. The van der Waals surface area contributed by atoms with Gasteiger partial charge in [-0.15, -0.1) is 0 Å². The minimum atomic E-state index is 0.603. The van der Waals surface area contributed by atoms with Crippen molar-refractivity contribution >= 4 is 109 Å². The van der Waals surface area contributed by atoms with Gasteiger partial charge in [0.1, 0.15) is 22.4 Å². The van der Waals surface area contributed by atoms with E-state index in [2.05, 4.69) is 164 Å². The molecule has 59 heavy (non-hydrogen) atoms. The molecule has 278 valence electrons. The Bertz CT molecular complexity index is 3960. The number of fused-ring (bicyclic) bond motifs is 18. The van der Waals surface area contributed by atoms with E-state index in [1.165, 1.54) is 0 Å². The molecule has 0 atom stereocenters. The van der Waals surface area contributed by atoms with Gasteiger partial charge >= 0.3 is 0 Å². The molecule has 9 aromatic carbocycles. The standard InChI is InChI=1S/C53H33N3O3/c1-28-22-29(2)24-33(23-28)52-54-47-46-34-15-7-6-12-30(34)20-21-41(46)58-51(47)53(55-52)56-48-38-19-11-8-16-35(38)42(57-3)27-40(48)44-36-17-9-10-18-37(36)45-39-25-31-13-4-5-14-32(31)26-43(39)59-50(45)49(44)56/h4-27H,1-3H3. The SMILES string of the molecule is COc1cc2c3c4ccccc4c4c5cc6ccccc6cc5oc4c3n(-c3nc(-c4cc(C)cc(C)c4)nc4c3oc3ccc5ccccc5c34)c2c2ccccc12. The molecule has 13 aromatic rings. The van der Waals surface area contributed by atoms with Gasteiger partial charge in [0, 0.05) is 37.9 Å². The molecule has 0 saturated carbocycles. The van der Waals surface area contributed by atoms with Gasteiger partial charge in [0.15, 0.2) is 22.8 Å². The third kappa shape index (κ3) is 4.40. The summed E-state index contributed by atoms with van der Waals surface area (Å²) in [6, 6.07) is 51.4. The topological polar surface area (TPSA) is 66.2 Å². The smallest absolute Gasteiger partial charge is 0.197 e. The average Bonchev–Trinajstić information content (AvgIpc) is 3.95. The predicted molar refractivity (Wildman–Crippen MR) is 242 cm³/mol. The van der Waals surface area contributed by atoms with Gasteiger partial charge in [-0.25, -0.2) is 9.97 Å². The van der Waals surface area contributed by atoms with Crippen molar-refractivity contribution in [3.63, 3.8) is 0 Å². The Morgan fingerprint density at radius 2 is 1.12 bits per heavy atom. The van der Waals surface area contributed by atoms with E-state index in [4.69, 9.17) is 23.5 Å². The van der Waals surface area contributed by atoms with Gasteiger partial charge in [-0.1, -0.05) is 120 Å². The van der Waals surface area contributed by atoms with E-state index in [1.807, 2.05) is 0 Å². The van der Waals surface area contributed by atoms with Gasteiger partial charge < -0.3 is 13.6 Å². The van der Waals surface area contributed by atoms with Crippen LogP contribution in [0.1, 0.15) is 11.1 Å². The Morgan fingerprint density at radius 3 is 1.88 bits per heavy atom. The fourth-order valence-electron chi connectivity index (χ4n) is 9.89. The van der Waals surface area contributed by atoms with Crippen LogP contribution in [0, 0.1) is 13.8 Å². The Morgan fingerprint density at radius 1 is 0.475 bits per heavy atom. The number of benzene rings is 9. The van der Waals surface area contributed by atoms with E-state index < -0.39 is 0 Å². The molecular weight excluding hydrogens is 727 g/mol. The number of hydrogen-bond donors (Lipinski definition) is 0. The van der Waals surface area contributed by atoms with Crippen LogP contribution in [0.2, 0.25) is 0 Å². The number of methoxy groups -OCH3 is 1. The zero-order valence-electron chi connectivity index (χ0n) is 32.4. The average molecular weight is 760 g/mol. The van der Waals surface area contributed by atoms with Crippen LogP contribution >= 0.6 is 0 Å². The van der Waals surface area contributed by atoms with Gasteiger partial charge in [0.05, 0.1) is 23.5 Å². The van der Waals surface area contributed by atoms with E-state index in [9.17, 15) is 0 Å². The maximum absolute atomic E-state index is 7.19. The number of rotatable bonds is 3. The normalized spacial score (nSPS) is 12.3. The van der Waals surface area contributed by atoms with E-state index in [1.54, 1.807) is 7.11 Å². The molecule has 0 N–H and O–H groups in total. The summed E-state index contributed by atoms with van der Waals surface area (Å²) in [5, 5.41) is 13.9. The van der Waals surface area contributed by atoms with Crippen LogP contribution in [0.4, 0.5) is 0 Å². The molecule has 4 heterocycles. The van der Waals surface area contributed by atoms with Crippen molar-refractivity contribution in [3.8, 4) is 23.0 Å². The van der Waals surface area contributed by atoms with Gasteiger partial charge in [-0.3, -0.25) is 4.57 Å². The number of nitrogens with zero attached hydrogens (tertiary/aromatic N) is 3. The lowest BCUT2D eigenvalue weighted by molar-refractivity contribution is 0.420. The number of ether oxygens (including phenoxy) is 1. The summed E-state index contributed by atoms with van der Waals surface area (Å²) in [5.74, 6) is 2.06. The van der Waals surface area contributed by atoms with Gasteiger partial charge in [-0.2, -0.15) is 0 Å². The van der Waals surface area contributed by atoms with E-state index in [0.717, 1.165) is 126 Å². The van der Waals surface area contributed by atoms with Gasteiger partial charge in [0.2, 0.25) is 0 Å². The second kappa shape index (κ2) is 11.7. The Kier molecular flexibility index (Phi) is 6.41. The first-order chi connectivity index (χ1) is 29.0. The van der Waals surface area contributed by atoms with E-state index in [0.29, 0.717) is 17.2 Å². The Hall–Kier alpha value is -7.70. The number of aryl methyl sites for hydroxylation is 2. The minimum Gasteiger partial charge on any atom is -0.496 e. The summed E-state index contributed by atoms with van der Waals surface area (Å²) in [7, 11) is 1.75. The third-order valence-electron chi connectivity index (χ3n) is 12.3. The number of aromatic nitrogens is 3. The van der Waals surface area contributed by atoms with Crippen LogP contribution in [0.5, 0.6) is 5.75 Å². The highest BCUT2D eigenvalue weighted by Gasteiger charge is 2.29. The van der Waals surface area contributed by atoms with E-state index in [-0.39, 0.29) is 0 Å². The molecule has 0 fully saturated rings. The second-order valence-corrected chi connectivity index (χ2v) is 15.8. The lowest BCUT2D eigenvalue weighted by atomic mass is 9.97. The predicted octanol–water partition coefficient (Wildman–Crippen LogP) is 14.3. The second-order valence-electron chi connectivity index (χ2n) is 15.8. The molecule has 0 aliphatic heterocycles. The van der Waals surface area contributed by atoms with Crippen LogP contribution in [0.15, 0.2) is 154 Å². The fraction of sp³-hybridized carbons (Fsp3) is 0.0566. The van der Waals surface area contributed by atoms with Crippen molar-refractivity contribution in [3.05, 3.63) is 157 Å². The molecule has 0 radical (unpaired) electrons. The van der Waals surface area contributed by atoms with Crippen LogP contribution in [0.3, 0.4) is 0 Å². The lowest BCUT2D eigenvalue weighted by Gasteiger charge is -2.13. The zero-order valence-corrected chi connectivity index (χ0v) is 32.4. The molecule has 0 amide bonds. The van der Waals surface area contributed by atoms with Gasteiger partial charge in [-0.05, 0) is 82.6 Å². The number of furan rings is 2. The Balaban J connectivity index is 1.33. The molecule has 0 spiro atoms. The summed E-state index contributed by atoms with van der Waals surface area (Å²) in [6.07, 6.45) is 0. The molecule has 0 bridgehead atoms. The highest BCUT2D eigenvalue weighted by Crippen LogP contribution is 2.50. The molecule has 4 aromatic heterocycles. The monoisotopic (exact) mass is 759 g/mol. The third-order valence-corrected chi connectivity index (χ3v) is 12.3. The largest absolute Gasteiger partial charge is 0.496 e. The quantitative estimate of drug-likeness (QED) is 0.179. The molecule has 0 aliphatic carbocycles. The van der Waals surface area contributed by atoms with Crippen molar-refractivity contribution in [1.82, 2.24) is 14.5 Å². The summed E-state index contributed by atoms with van der Waals surface area (Å²) >= 11 is 0. The van der Waals surface area contributed by atoms with Crippen LogP contribution in [0.25, 0.3) is 126 Å². The fourth-order valence-corrected chi connectivity index (χ4v) is 9.89. The Labute approximate surface area is 336 Å². The maximum Gasteiger partial charge on any atom is 0.197 e. The molecule has 0 saturated heterocycles. The first kappa shape index (κ1) is 32.4.